The summed E-state index contributed by atoms with van der Waals surface area (Å²) in [6.45, 7) is 5.88. The Balaban J connectivity index is 1.39. The van der Waals surface area contributed by atoms with Crippen molar-refractivity contribution in [3.63, 3.8) is 0 Å². The van der Waals surface area contributed by atoms with Crippen LogP contribution >= 0.6 is 11.6 Å². The SMILES string of the molecule is C[C@@H]1CCCCO[C@@H](CN(C)S(=O)(=O)c2ccc(Cl)cc2)[C@H](C)CN([C@H](C)CO)C(=O)c2cc(NC(=O)Nc3ccc4c(c3)OCO4)ccc2O1. The monoisotopic (exact) mass is 744 g/mol. The van der Waals surface area contributed by atoms with Crippen molar-refractivity contribution in [3.05, 3.63) is 71.2 Å². The molecule has 0 saturated heterocycles. The minimum Gasteiger partial charge on any atom is -0.490 e. The maximum absolute atomic E-state index is 14.4. The first kappa shape index (κ1) is 38.2. The number of likely N-dealkylation sites (N-methyl/N-ethyl adjacent to an activating group) is 1. The molecule has 13 nitrogen and oxygen atoms in total. The van der Waals surface area contributed by atoms with Crippen LogP contribution in [0.2, 0.25) is 5.02 Å². The lowest BCUT2D eigenvalue weighted by Gasteiger charge is -2.35. The number of nitrogens with one attached hydrogen (secondary N) is 2. The van der Waals surface area contributed by atoms with Crippen LogP contribution in [0.5, 0.6) is 17.2 Å². The lowest BCUT2D eigenvalue weighted by Crippen LogP contribution is -2.48. The quantitative estimate of drug-likeness (QED) is 0.258. The zero-order valence-corrected chi connectivity index (χ0v) is 30.7. The van der Waals surface area contributed by atoms with Crippen LogP contribution in [-0.2, 0) is 14.8 Å². The van der Waals surface area contributed by atoms with Gasteiger partial charge in [-0.15, -0.1) is 0 Å². The van der Waals surface area contributed by atoms with E-state index in [1.165, 1.54) is 40.5 Å². The molecule has 0 unspecified atom stereocenters. The van der Waals surface area contributed by atoms with Crippen molar-refractivity contribution in [3.8, 4) is 17.2 Å². The summed E-state index contributed by atoms with van der Waals surface area (Å²) in [7, 11) is -2.37. The molecule has 3 aromatic carbocycles. The number of nitrogens with zero attached hydrogens (tertiary/aromatic N) is 2. The van der Waals surface area contributed by atoms with Crippen molar-refractivity contribution in [2.75, 3.05) is 50.8 Å². The number of anilines is 2. The molecule has 0 bridgehead atoms. The molecular weight excluding hydrogens is 700 g/mol. The number of hydrogen-bond donors (Lipinski definition) is 3. The van der Waals surface area contributed by atoms with E-state index in [0.717, 1.165) is 6.42 Å². The Morgan fingerprint density at radius 2 is 1.67 bits per heavy atom. The second-order valence-electron chi connectivity index (χ2n) is 12.9. The van der Waals surface area contributed by atoms with E-state index in [-0.39, 0.29) is 49.0 Å². The summed E-state index contributed by atoms with van der Waals surface area (Å²) in [5, 5.41) is 16.2. The number of hydrogen-bond acceptors (Lipinski definition) is 9. The highest BCUT2D eigenvalue weighted by Crippen LogP contribution is 2.34. The summed E-state index contributed by atoms with van der Waals surface area (Å²) in [5.74, 6) is 0.666. The predicted octanol–water partition coefficient (Wildman–Crippen LogP) is 5.83. The minimum atomic E-state index is -3.86. The average Bonchev–Trinajstić information content (AvgIpc) is 3.57. The van der Waals surface area contributed by atoms with Gasteiger partial charge in [-0.3, -0.25) is 4.79 Å². The standard InChI is InChI=1S/C36H45ClN4O9S/c1-23-19-41(24(2)21-42)35(43)30-17-27(38-36(44)39-28-11-15-32-33(18-28)49-22-48-32)10-14-31(30)50-25(3)7-5-6-16-47-34(23)20-40(4)51(45,46)29-12-8-26(37)9-13-29/h8-15,17-18,23-25,34,42H,5-7,16,19-22H2,1-4H3,(H2,38,39,44)/t23-,24-,25-,34+/m1/s1. The van der Waals surface area contributed by atoms with Crippen molar-refractivity contribution >= 4 is 44.9 Å². The van der Waals surface area contributed by atoms with E-state index in [0.29, 0.717) is 53.1 Å². The largest absolute Gasteiger partial charge is 0.490 e. The number of ether oxygens (including phenoxy) is 4. The van der Waals surface area contributed by atoms with Gasteiger partial charge >= 0.3 is 6.03 Å². The fourth-order valence-electron chi connectivity index (χ4n) is 5.87. The van der Waals surface area contributed by atoms with Gasteiger partial charge in [-0.1, -0.05) is 18.5 Å². The van der Waals surface area contributed by atoms with Crippen molar-refractivity contribution in [2.24, 2.45) is 5.92 Å². The number of benzene rings is 3. The van der Waals surface area contributed by atoms with E-state index in [1.54, 1.807) is 43.3 Å². The van der Waals surface area contributed by atoms with E-state index < -0.39 is 34.1 Å². The fourth-order valence-corrected chi connectivity index (χ4v) is 7.18. The molecule has 0 radical (unpaired) electrons. The van der Waals surface area contributed by atoms with E-state index in [2.05, 4.69) is 10.6 Å². The second kappa shape index (κ2) is 17.0. The number of carbonyl (C=O) groups excluding carboxylic acids is 2. The number of fused-ring (bicyclic) bond motifs is 2. The lowest BCUT2D eigenvalue weighted by atomic mass is 10.0. The molecule has 4 atom stereocenters. The van der Waals surface area contributed by atoms with Crippen molar-refractivity contribution in [2.45, 2.75) is 63.2 Å². The van der Waals surface area contributed by atoms with Crippen LogP contribution in [0.3, 0.4) is 0 Å². The molecule has 5 rings (SSSR count). The molecule has 3 aromatic rings. The zero-order chi connectivity index (χ0) is 36.7. The van der Waals surface area contributed by atoms with Gasteiger partial charge in [-0.2, -0.15) is 4.31 Å². The van der Waals surface area contributed by atoms with Gasteiger partial charge in [-0.25, -0.2) is 13.2 Å². The number of rotatable bonds is 8. The highest BCUT2D eigenvalue weighted by Gasteiger charge is 2.32. The van der Waals surface area contributed by atoms with Crippen molar-refractivity contribution in [1.82, 2.24) is 9.21 Å². The molecular formula is C36H45ClN4O9S. The summed E-state index contributed by atoms with van der Waals surface area (Å²) in [4.78, 5) is 29.1. The lowest BCUT2D eigenvalue weighted by molar-refractivity contribution is -0.00833. The van der Waals surface area contributed by atoms with Crippen LogP contribution in [0, 0.1) is 5.92 Å². The van der Waals surface area contributed by atoms with E-state index in [4.69, 9.17) is 30.5 Å². The predicted molar refractivity (Wildman–Crippen MR) is 193 cm³/mol. The molecule has 276 valence electrons. The minimum absolute atomic E-state index is 0.0321. The molecule has 2 aliphatic rings. The number of urea groups is 1. The highest BCUT2D eigenvalue weighted by molar-refractivity contribution is 7.89. The van der Waals surface area contributed by atoms with E-state index in [9.17, 15) is 23.1 Å². The zero-order valence-electron chi connectivity index (χ0n) is 29.1. The molecule has 15 heteroatoms. The number of halogens is 1. The maximum atomic E-state index is 14.4. The Bertz CT molecular complexity index is 1790. The Morgan fingerprint density at radius 3 is 2.37 bits per heavy atom. The Hall–Kier alpha value is -4.08. The summed E-state index contributed by atoms with van der Waals surface area (Å²) in [5.41, 5.74) is 1.04. The van der Waals surface area contributed by atoms with Gasteiger partial charge in [-0.05, 0) is 87.7 Å². The molecule has 0 spiro atoms. The molecule has 0 aromatic heterocycles. The van der Waals surface area contributed by atoms with Crippen LogP contribution in [0.25, 0.3) is 0 Å². The summed E-state index contributed by atoms with van der Waals surface area (Å²) >= 11 is 5.99. The summed E-state index contributed by atoms with van der Waals surface area (Å²) < 4.78 is 51.5. The fraction of sp³-hybridized carbons (Fsp3) is 0.444. The third-order valence-corrected chi connectivity index (χ3v) is 11.0. The first-order valence-corrected chi connectivity index (χ1v) is 18.7. The average molecular weight is 745 g/mol. The first-order valence-electron chi connectivity index (χ1n) is 16.9. The third kappa shape index (κ3) is 9.63. The Labute approximate surface area is 303 Å². The molecule has 2 heterocycles. The second-order valence-corrected chi connectivity index (χ2v) is 15.4. The van der Waals surface area contributed by atoms with Crippen LogP contribution in [0.1, 0.15) is 50.4 Å². The van der Waals surface area contributed by atoms with Crippen LogP contribution in [-0.4, -0.2) is 93.1 Å². The number of carbonyl (C=O) groups is 2. The van der Waals surface area contributed by atoms with E-state index >= 15 is 0 Å². The summed E-state index contributed by atoms with van der Waals surface area (Å²) in [6, 6.07) is 14.7. The van der Waals surface area contributed by atoms with Gasteiger partial charge in [0.2, 0.25) is 16.8 Å². The topological polar surface area (TPSA) is 156 Å². The molecule has 51 heavy (non-hydrogen) atoms. The molecule has 3 amide bonds. The molecule has 0 aliphatic carbocycles. The molecule has 3 N–H and O–H groups in total. The normalized spacial score (nSPS) is 20.6. The van der Waals surface area contributed by atoms with Crippen molar-refractivity contribution in [1.29, 1.82) is 0 Å². The number of aliphatic hydroxyl groups is 1. The van der Waals surface area contributed by atoms with Gasteiger partial charge in [0.25, 0.3) is 5.91 Å². The molecule has 0 fully saturated rings. The van der Waals surface area contributed by atoms with E-state index in [1.807, 2.05) is 13.8 Å². The highest BCUT2D eigenvalue weighted by atomic mass is 35.5. The van der Waals surface area contributed by atoms with Crippen LogP contribution < -0.4 is 24.8 Å². The van der Waals surface area contributed by atoms with Gasteiger partial charge in [0, 0.05) is 55.1 Å². The molecule has 2 aliphatic heterocycles. The van der Waals surface area contributed by atoms with Crippen LogP contribution in [0.4, 0.5) is 16.2 Å². The third-order valence-electron chi connectivity index (χ3n) is 8.90. The van der Waals surface area contributed by atoms with Gasteiger partial charge < -0.3 is 39.6 Å². The van der Waals surface area contributed by atoms with Gasteiger partial charge in [0.1, 0.15) is 5.75 Å². The molecule has 0 saturated carbocycles. The van der Waals surface area contributed by atoms with Gasteiger partial charge in [0.05, 0.1) is 35.3 Å². The summed E-state index contributed by atoms with van der Waals surface area (Å²) in [6.07, 6.45) is 1.34. The van der Waals surface area contributed by atoms with Crippen LogP contribution in [0.15, 0.2) is 65.6 Å². The number of aliphatic hydroxyl groups excluding tert-OH is 1. The number of sulfonamides is 1. The maximum Gasteiger partial charge on any atom is 0.323 e. The first-order chi connectivity index (χ1) is 24.3. The number of amides is 3. The van der Waals surface area contributed by atoms with Gasteiger partial charge in [0.15, 0.2) is 11.5 Å². The van der Waals surface area contributed by atoms with Crippen molar-refractivity contribution < 1.29 is 42.1 Å². The smallest absolute Gasteiger partial charge is 0.323 e. The Morgan fingerprint density at radius 1 is 1.00 bits per heavy atom. The Kier molecular flexibility index (Phi) is 12.7.